The van der Waals surface area contributed by atoms with Crippen LogP contribution in [0.5, 0.6) is 5.75 Å². The van der Waals surface area contributed by atoms with Gasteiger partial charge in [-0.25, -0.2) is 0 Å². The first-order chi connectivity index (χ1) is 10.8. The Balaban J connectivity index is 1.80. The molecule has 0 saturated carbocycles. The fourth-order valence-electron chi connectivity index (χ4n) is 2.66. The average molecular weight is 330 g/mol. The lowest BCUT2D eigenvalue weighted by molar-refractivity contribution is -0.150. The average Bonchev–Trinajstić information content (AvgIpc) is 2.50. The number of alkyl halides is 3. The molecule has 1 aromatic heterocycles. The van der Waals surface area contributed by atoms with Crippen molar-refractivity contribution >= 4 is 5.91 Å². The Morgan fingerprint density at radius 2 is 2.26 bits per heavy atom. The maximum atomic E-state index is 12.2. The lowest BCUT2D eigenvalue weighted by Crippen LogP contribution is -2.41. The van der Waals surface area contributed by atoms with Gasteiger partial charge in [-0.05, 0) is 25.8 Å². The van der Waals surface area contributed by atoms with Gasteiger partial charge >= 0.3 is 6.18 Å². The first-order valence-electron chi connectivity index (χ1n) is 7.73. The molecule has 1 unspecified atom stereocenters. The number of aryl methyl sites for hydroxylation is 1. The maximum Gasteiger partial charge on any atom is 0.389 e. The van der Waals surface area contributed by atoms with Crippen LogP contribution < -0.4 is 4.74 Å². The highest BCUT2D eigenvalue weighted by Crippen LogP contribution is 2.24. The van der Waals surface area contributed by atoms with Gasteiger partial charge < -0.3 is 9.64 Å². The van der Waals surface area contributed by atoms with Crippen LogP contribution in [0.2, 0.25) is 0 Å². The number of pyridine rings is 1. The zero-order chi connectivity index (χ0) is 16.9. The van der Waals surface area contributed by atoms with Gasteiger partial charge in [0.25, 0.3) is 0 Å². The van der Waals surface area contributed by atoms with Crippen LogP contribution in [0, 0.1) is 12.8 Å². The normalized spacial score (nSPS) is 18.8. The second-order valence-electron chi connectivity index (χ2n) is 5.91. The Labute approximate surface area is 133 Å². The zero-order valence-corrected chi connectivity index (χ0v) is 13.1. The van der Waals surface area contributed by atoms with E-state index in [2.05, 4.69) is 4.98 Å². The van der Waals surface area contributed by atoms with Crippen molar-refractivity contribution in [1.82, 2.24) is 9.88 Å². The van der Waals surface area contributed by atoms with Gasteiger partial charge in [-0.15, -0.1) is 0 Å². The molecule has 1 atom stereocenters. The molecule has 0 N–H and O–H groups in total. The first kappa shape index (κ1) is 17.6. The molecule has 128 valence electrons. The van der Waals surface area contributed by atoms with Gasteiger partial charge in [-0.1, -0.05) is 0 Å². The number of amides is 1. The van der Waals surface area contributed by atoms with E-state index in [0.717, 1.165) is 24.3 Å². The first-order valence-corrected chi connectivity index (χ1v) is 7.73. The molecule has 1 saturated heterocycles. The molecule has 1 aromatic rings. The number of ether oxygens (including phenoxy) is 1. The van der Waals surface area contributed by atoms with E-state index < -0.39 is 24.9 Å². The molecule has 2 rings (SSSR count). The van der Waals surface area contributed by atoms with Gasteiger partial charge in [-0.2, -0.15) is 13.2 Å². The Bertz CT molecular complexity index is 534. The van der Waals surface area contributed by atoms with E-state index in [1.165, 1.54) is 4.90 Å². The second kappa shape index (κ2) is 7.66. The number of aromatic nitrogens is 1. The summed E-state index contributed by atoms with van der Waals surface area (Å²) in [5, 5.41) is 0. The molecule has 2 heterocycles. The molecule has 1 aliphatic rings. The van der Waals surface area contributed by atoms with E-state index in [1.807, 2.05) is 13.0 Å². The van der Waals surface area contributed by atoms with Crippen molar-refractivity contribution in [2.24, 2.45) is 5.92 Å². The summed E-state index contributed by atoms with van der Waals surface area (Å²) in [7, 11) is 0. The third-order valence-corrected chi connectivity index (χ3v) is 3.85. The van der Waals surface area contributed by atoms with Gasteiger partial charge in [0.05, 0.1) is 13.0 Å². The highest BCUT2D eigenvalue weighted by molar-refractivity contribution is 5.76. The Morgan fingerprint density at radius 1 is 1.48 bits per heavy atom. The fourth-order valence-corrected chi connectivity index (χ4v) is 2.66. The van der Waals surface area contributed by atoms with Crippen molar-refractivity contribution in [3.63, 3.8) is 0 Å². The lowest BCUT2D eigenvalue weighted by Gasteiger charge is -2.32. The molecule has 23 heavy (non-hydrogen) atoms. The van der Waals surface area contributed by atoms with Crippen molar-refractivity contribution in [3.8, 4) is 5.75 Å². The third-order valence-electron chi connectivity index (χ3n) is 3.85. The van der Waals surface area contributed by atoms with Crippen LogP contribution in [-0.4, -0.2) is 41.7 Å². The minimum Gasteiger partial charge on any atom is -0.493 e. The topological polar surface area (TPSA) is 42.4 Å². The summed E-state index contributed by atoms with van der Waals surface area (Å²) in [6.45, 7) is 3.31. The molecule has 0 aliphatic carbocycles. The highest BCUT2D eigenvalue weighted by Gasteiger charge is 2.30. The number of piperidine rings is 1. The maximum absolute atomic E-state index is 12.2. The quantitative estimate of drug-likeness (QED) is 0.831. The smallest absolute Gasteiger partial charge is 0.389 e. The summed E-state index contributed by atoms with van der Waals surface area (Å²) < 4.78 is 42.3. The number of hydrogen-bond donors (Lipinski definition) is 0. The summed E-state index contributed by atoms with van der Waals surface area (Å²) in [5.74, 6) is 0.442. The molecule has 0 spiro atoms. The van der Waals surface area contributed by atoms with E-state index in [1.54, 1.807) is 12.3 Å². The van der Waals surface area contributed by atoms with Crippen LogP contribution in [-0.2, 0) is 4.79 Å². The standard InChI is InChI=1S/C16H21F3N2O2/c1-12-9-14(5-7-20-12)23-11-13-3-2-8-21(10-13)15(22)4-6-16(17,18)19/h5,7,9,13H,2-4,6,8,10-11H2,1H3. The van der Waals surface area contributed by atoms with E-state index in [9.17, 15) is 18.0 Å². The second-order valence-corrected chi connectivity index (χ2v) is 5.91. The van der Waals surface area contributed by atoms with E-state index in [-0.39, 0.29) is 5.92 Å². The van der Waals surface area contributed by atoms with Crippen molar-refractivity contribution in [2.75, 3.05) is 19.7 Å². The Kier molecular flexibility index (Phi) is 5.85. The molecule has 0 aromatic carbocycles. The van der Waals surface area contributed by atoms with Crippen LogP contribution in [0.25, 0.3) is 0 Å². The zero-order valence-electron chi connectivity index (χ0n) is 13.1. The van der Waals surface area contributed by atoms with Gasteiger partial charge in [0.2, 0.25) is 5.91 Å². The minimum absolute atomic E-state index is 0.145. The SMILES string of the molecule is Cc1cc(OCC2CCCN(C(=O)CCC(F)(F)F)C2)ccn1. The minimum atomic E-state index is -4.28. The van der Waals surface area contributed by atoms with Gasteiger partial charge in [0.15, 0.2) is 0 Å². The van der Waals surface area contributed by atoms with Crippen LogP contribution >= 0.6 is 0 Å². The summed E-state index contributed by atoms with van der Waals surface area (Å²) in [4.78, 5) is 17.5. The Hall–Kier alpha value is -1.79. The number of carbonyl (C=O) groups excluding carboxylic acids is 1. The van der Waals surface area contributed by atoms with Crippen molar-refractivity contribution in [3.05, 3.63) is 24.0 Å². The molecule has 1 aliphatic heterocycles. The summed E-state index contributed by atoms with van der Waals surface area (Å²) in [5.41, 5.74) is 0.857. The van der Waals surface area contributed by atoms with Gasteiger partial charge in [0.1, 0.15) is 5.75 Å². The van der Waals surface area contributed by atoms with Crippen LogP contribution in [0.3, 0.4) is 0 Å². The fraction of sp³-hybridized carbons (Fsp3) is 0.625. The number of halogens is 3. The number of hydrogen-bond acceptors (Lipinski definition) is 3. The van der Waals surface area contributed by atoms with E-state index in [0.29, 0.717) is 19.7 Å². The Morgan fingerprint density at radius 3 is 2.96 bits per heavy atom. The number of carbonyl (C=O) groups is 1. The van der Waals surface area contributed by atoms with Gasteiger partial charge in [-0.3, -0.25) is 9.78 Å². The predicted molar refractivity (Wildman–Crippen MR) is 79.1 cm³/mol. The molecule has 1 amide bonds. The molecule has 1 fully saturated rings. The summed E-state index contributed by atoms with van der Waals surface area (Å²) >= 11 is 0. The van der Waals surface area contributed by atoms with E-state index >= 15 is 0 Å². The molecule has 0 bridgehead atoms. The highest BCUT2D eigenvalue weighted by atomic mass is 19.4. The number of likely N-dealkylation sites (tertiary alicyclic amines) is 1. The lowest BCUT2D eigenvalue weighted by atomic mass is 9.98. The van der Waals surface area contributed by atoms with Crippen molar-refractivity contribution in [2.45, 2.75) is 38.8 Å². The third kappa shape index (κ3) is 6.08. The van der Waals surface area contributed by atoms with Crippen LogP contribution in [0.15, 0.2) is 18.3 Å². The largest absolute Gasteiger partial charge is 0.493 e. The predicted octanol–water partition coefficient (Wildman–Crippen LogP) is 3.35. The molecule has 0 radical (unpaired) electrons. The molecular formula is C16H21F3N2O2. The number of nitrogens with zero attached hydrogens (tertiary/aromatic N) is 2. The molecule has 7 heteroatoms. The summed E-state index contributed by atoms with van der Waals surface area (Å²) in [6, 6.07) is 3.59. The number of rotatable bonds is 5. The van der Waals surface area contributed by atoms with Gasteiger partial charge in [0, 0.05) is 43.4 Å². The van der Waals surface area contributed by atoms with Crippen molar-refractivity contribution < 1.29 is 22.7 Å². The van der Waals surface area contributed by atoms with E-state index in [4.69, 9.17) is 4.74 Å². The summed E-state index contributed by atoms with van der Waals surface area (Å²) in [6.07, 6.45) is -2.44. The monoisotopic (exact) mass is 330 g/mol. The van der Waals surface area contributed by atoms with Crippen LogP contribution in [0.4, 0.5) is 13.2 Å². The molecular weight excluding hydrogens is 309 g/mol. The van der Waals surface area contributed by atoms with Crippen molar-refractivity contribution in [1.29, 1.82) is 0 Å². The molecule has 4 nitrogen and oxygen atoms in total. The van der Waals surface area contributed by atoms with Crippen LogP contribution in [0.1, 0.15) is 31.4 Å².